The highest BCUT2D eigenvalue weighted by Gasteiger charge is 2.20. The van der Waals surface area contributed by atoms with Crippen molar-refractivity contribution in [1.82, 2.24) is 25.5 Å². The topological polar surface area (TPSA) is 76.7 Å². The second kappa shape index (κ2) is 5.03. The van der Waals surface area contributed by atoms with E-state index in [4.69, 9.17) is 4.42 Å². The van der Waals surface area contributed by atoms with E-state index in [9.17, 15) is 0 Å². The van der Waals surface area contributed by atoms with Crippen LogP contribution in [0.4, 0.5) is 0 Å². The van der Waals surface area contributed by atoms with E-state index in [0.717, 1.165) is 12.1 Å². The highest BCUT2D eigenvalue weighted by molar-refractivity contribution is 7.98. The number of nitrogens with one attached hydrogen (secondary N) is 1. The molecule has 7 heteroatoms. The molecule has 0 atom stereocenters. The molecule has 1 aliphatic rings. The van der Waals surface area contributed by atoms with Gasteiger partial charge in [-0.2, -0.15) is 0 Å². The van der Waals surface area contributed by atoms with Crippen LogP contribution in [-0.4, -0.2) is 26.2 Å². The van der Waals surface area contributed by atoms with Crippen molar-refractivity contribution in [2.24, 2.45) is 0 Å². The lowest BCUT2D eigenvalue weighted by atomic mass is 10.3. The van der Waals surface area contributed by atoms with E-state index < -0.39 is 0 Å². The molecule has 6 nitrogen and oxygen atoms in total. The first-order chi connectivity index (χ1) is 8.79. The third kappa shape index (κ3) is 3.05. The highest BCUT2D eigenvalue weighted by Crippen LogP contribution is 2.22. The van der Waals surface area contributed by atoms with Gasteiger partial charge in [-0.25, -0.2) is 9.97 Å². The largest absolute Gasteiger partial charge is 0.416 e. The van der Waals surface area contributed by atoms with Crippen LogP contribution in [0.5, 0.6) is 0 Å². The summed E-state index contributed by atoms with van der Waals surface area (Å²) in [4.78, 5) is 8.53. The molecule has 2 heterocycles. The van der Waals surface area contributed by atoms with Crippen molar-refractivity contribution in [2.75, 3.05) is 0 Å². The molecule has 0 aliphatic heterocycles. The summed E-state index contributed by atoms with van der Waals surface area (Å²) in [6.45, 7) is 2.58. The van der Waals surface area contributed by atoms with Crippen molar-refractivity contribution < 1.29 is 4.42 Å². The van der Waals surface area contributed by atoms with Gasteiger partial charge < -0.3 is 9.73 Å². The van der Waals surface area contributed by atoms with Crippen molar-refractivity contribution in [2.45, 2.75) is 42.7 Å². The van der Waals surface area contributed by atoms with E-state index in [-0.39, 0.29) is 0 Å². The number of aryl methyl sites for hydroxylation is 1. The number of rotatable bonds is 5. The molecule has 1 fully saturated rings. The fourth-order valence-electron chi connectivity index (χ4n) is 1.43. The van der Waals surface area contributed by atoms with Gasteiger partial charge in [0.1, 0.15) is 0 Å². The zero-order chi connectivity index (χ0) is 12.4. The third-order valence-corrected chi connectivity index (χ3v) is 3.27. The zero-order valence-corrected chi connectivity index (χ0v) is 10.8. The first-order valence-corrected chi connectivity index (χ1v) is 6.63. The minimum atomic E-state index is 0.469. The number of hydrogen-bond acceptors (Lipinski definition) is 7. The van der Waals surface area contributed by atoms with E-state index in [2.05, 4.69) is 25.5 Å². The molecule has 1 saturated carbocycles. The van der Waals surface area contributed by atoms with Crippen LogP contribution in [0.2, 0.25) is 0 Å². The van der Waals surface area contributed by atoms with Gasteiger partial charge in [-0.15, -0.1) is 10.2 Å². The Labute approximate surface area is 109 Å². The summed E-state index contributed by atoms with van der Waals surface area (Å²) in [5.41, 5.74) is 1.09. The maximum absolute atomic E-state index is 5.25. The summed E-state index contributed by atoms with van der Waals surface area (Å²) in [5, 5.41) is 12.1. The van der Waals surface area contributed by atoms with Gasteiger partial charge in [-0.3, -0.25) is 0 Å². The minimum absolute atomic E-state index is 0.469. The molecule has 0 radical (unpaired) electrons. The van der Waals surface area contributed by atoms with Gasteiger partial charge in [-0.05, 0) is 12.8 Å². The lowest BCUT2D eigenvalue weighted by Gasteiger charge is -2.02. The molecule has 94 valence electrons. The van der Waals surface area contributed by atoms with Crippen molar-refractivity contribution in [1.29, 1.82) is 0 Å². The van der Waals surface area contributed by atoms with Gasteiger partial charge in [0.25, 0.3) is 5.22 Å². The second-order valence-corrected chi connectivity index (χ2v) is 5.14. The molecule has 2 aromatic rings. The molecule has 18 heavy (non-hydrogen) atoms. The molecule has 3 rings (SSSR count). The molecule has 0 aromatic carbocycles. The van der Waals surface area contributed by atoms with Crippen LogP contribution in [0.1, 0.15) is 24.3 Å². The van der Waals surface area contributed by atoms with Gasteiger partial charge in [0.05, 0.1) is 0 Å². The lowest BCUT2D eigenvalue weighted by Crippen LogP contribution is -2.15. The van der Waals surface area contributed by atoms with Gasteiger partial charge in [0.15, 0.2) is 5.16 Å². The molecule has 2 aromatic heterocycles. The number of hydrogen-bond donors (Lipinski definition) is 1. The molecule has 1 N–H and O–H groups in total. The van der Waals surface area contributed by atoms with E-state index in [0.29, 0.717) is 22.3 Å². The zero-order valence-electron chi connectivity index (χ0n) is 9.96. The molecule has 0 spiro atoms. The Hall–Kier alpha value is -1.47. The van der Waals surface area contributed by atoms with Crippen molar-refractivity contribution >= 4 is 11.8 Å². The second-order valence-electron chi connectivity index (χ2n) is 4.22. The monoisotopic (exact) mass is 263 g/mol. The predicted octanol–water partition coefficient (Wildman–Crippen LogP) is 1.57. The summed E-state index contributed by atoms with van der Waals surface area (Å²) in [6, 6.07) is 0.695. The van der Waals surface area contributed by atoms with Gasteiger partial charge in [0, 0.05) is 49.2 Å². The Morgan fingerprint density at radius 2 is 2.11 bits per heavy atom. The van der Waals surface area contributed by atoms with Crippen LogP contribution in [0.15, 0.2) is 27.2 Å². The van der Waals surface area contributed by atoms with E-state index in [1.54, 1.807) is 6.92 Å². The first-order valence-electron chi connectivity index (χ1n) is 5.82. The molecule has 0 bridgehead atoms. The van der Waals surface area contributed by atoms with Gasteiger partial charge >= 0.3 is 0 Å². The fourth-order valence-corrected chi connectivity index (χ4v) is 2.05. The molecular weight excluding hydrogens is 250 g/mol. The fraction of sp³-hybridized carbons (Fsp3) is 0.455. The number of nitrogens with zero attached hydrogens (tertiary/aromatic N) is 4. The van der Waals surface area contributed by atoms with Crippen LogP contribution in [0.3, 0.4) is 0 Å². The van der Waals surface area contributed by atoms with Crippen LogP contribution in [-0.2, 0) is 6.54 Å². The van der Waals surface area contributed by atoms with Gasteiger partial charge in [-0.1, -0.05) is 0 Å². The molecule has 0 unspecified atom stereocenters. The third-order valence-electron chi connectivity index (χ3n) is 2.54. The first kappa shape index (κ1) is 11.6. The van der Waals surface area contributed by atoms with Crippen molar-refractivity contribution in [3.05, 3.63) is 23.8 Å². The van der Waals surface area contributed by atoms with Crippen LogP contribution in [0, 0.1) is 6.92 Å². The summed E-state index contributed by atoms with van der Waals surface area (Å²) >= 11 is 1.27. The molecule has 0 amide bonds. The van der Waals surface area contributed by atoms with Crippen LogP contribution >= 0.6 is 11.8 Å². The minimum Gasteiger partial charge on any atom is -0.416 e. The van der Waals surface area contributed by atoms with Crippen LogP contribution < -0.4 is 5.32 Å². The summed E-state index contributed by atoms with van der Waals surface area (Å²) in [7, 11) is 0. The smallest absolute Gasteiger partial charge is 0.284 e. The average Bonchev–Trinajstić information content (AvgIpc) is 3.12. The highest BCUT2D eigenvalue weighted by atomic mass is 32.2. The summed E-state index contributed by atoms with van der Waals surface area (Å²) in [5.74, 6) is 0.544. The Kier molecular flexibility index (Phi) is 3.24. The van der Waals surface area contributed by atoms with Crippen molar-refractivity contribution in [3.8, 4) is 0 Å². The van der Waals surface area contributed by atoms with E-state index in [1.807, 2.05) is 12.4 Å². The predicted molar refractivity (Wildman–Crippen MR) is 65.1 cm³/mol. The normalized spacial score (nSPS) is 14.9. The quantitative estimate of drug-likeness (QED) is 0.820. The Balaban J connectivity index is 1.59. The summed E-state index contributed by atoms with van der Waals surface area (Å²) < 4.78 is 5.25. The maximum Gasteiger partial charge on any atom is 0.284 e. The SMILES string of the molecule is Cc1nnc(Sc2ncc(CNC3CC3)cn2)o1. The number of aromatic nitrogens is 4. The van der Waals surface area contributed by atoms with Crippen molar-refractivity contribution in [3.63, 3.8) is 0 Å². The lowest BCUT2D eigenvalue weighted by molar-refractivity contribution is 0.429. The maximum atomic E-state index is 5.25. The standard InChI is InChI=1S/C11H13N5OS/c1-7-15-16-11(17-7)18-10-13-5-8(6-14-10)4-12-9-2-3-9/h5-6,9,12H,2-4H2,1H3. The van der Waals surface area contributed by atoms with E-state index >= 15 is 0 Å². The average molecular weight is 263 g/mol. The van der Waals surface area contributed by atoms with Crippen LogP contribution in [0.25, 0.3) is 0 Å². The summed E-state index contributed by atoms with van der Waals surface area (Å²) in [6.07, 6.45) is 6.22. The van der Waals surface area contributed by atoms with Gasteiger partial charge in [0.2, 0.25) is 5.89 Å². The Morgan fingerprint density at radius 1 is 1.33 bits per heavy atom. The van der Waals surface area contributed by atoms with E-state index in [1.165, 1.54) is 24.6 Å². The molecule has 1 aliphatic carbocycles. The molecular formula is C11H13N5OS. The molecule has 0 saturated heterocycles. The Morgan fingerprint density at radius 3 is 2.72 bits per heavy atom. The Bertz CT molecular complexity index is 522.